The number of anilines is 1. The number of rotatable bonds is 4. The lowest BCUT2D eigenvalue weighted by Gasteiger charge is -2.28. The molecule has 1 aromatic carbocycles. The van der Waals surface area contributed by atoms with Crippen LogP contribution in [-0.4, -0.2) is 29.0 Å². The summed E-state index contributed by atoms with van der Waals surface area (Å²) in [6.45, 7) is 1.34. The molecule has 0 aliphatic rings. The van der Waals surface area contributed by atoms with Gasteiger partial charge in [-0.15, -0.1) is 0 Å². The minimum Gasteiger partial charge on any atom is -0.394 e. The van der Waals surface area contributed by atoms with Crippen molar-refractivity contribution in [3.63, 3.8) is 0 Å². The predicted octanol–water partition coefficient (Wildman–Crippen LogP) is 1.48. The van der Waals surface area contributed by atoms with Crippen LogP contribution in [0.15, 0.2) is 22.7 Å². The van der Waals surface area contributed by atoms with Crippen LogP contribution in [-0.2, 0) is 0 Å². The van der Waals surface area contributed by atoms with E-state index in [1.807, 2.05) is 6.07 Å². The van der Waals surface area contributed by atoms with Gasteiger partial charge in [0.05, 0.1) is 30.4 Å². The van der Waals surface area contributed by atoms with Crippen molar-refractivity contribution in [2.45, 2.75) is 12.5 Å². The fourth-order valence-corrected chi connectivity index (χ4v) is 1.62. The van der Waals surface area contributed by atoms with Crippen molar-refractivity contribution >= 4 is 21.6 Å². The van der Waals surface area contributed by atoms with Crippen LogP contribution in [0.4, 0.5) is 5.69 Å². The van der Waals surface area contributed by atoms with Crippen LogP contribution < -0.4 is 5.32 Å². The van der Waals surface area contributed by atoms with Gasteiger partial charge in [-0.1, -0.05) is 0 Å². The molecule has 1 aromatic rings. The highest BCUT2D eigenvalue weighted by Gasteiger charge is 2.22. The number of nitrogens with one attached hydrogen (secondary N) is 1. The smallest absolute Gasteiger partial charge is 0.0992 e. The van der Waals surface area contributed by atoms with Crippen molar-refractivity contribution in [2.24, 2.45) is 0 Å². The molecule has 0 aliphatic carbocycles. The van der Waals surface area contributed by atoms with E-state index in [4.69, 9.17) is 15.5 Å². The number of hydrogen-bond donors (Lipinski definition) is 3. The highest BCUT2D eigenvalue weighted by molar-refractivity contribution is 9.10. The van der Waals surface area contributed by atoms with Crippen molar-refractivity contribution in [3.05, 3.63) is 28.2 Å². The fraction of sp³-hybridized carbons (Fsp3) is 0.364. The largest absolute Gasteiger partial charge is 0.394 e. The maximum Gasteiger partial charge on any atom is 0.0992 e. The zero-order valence-corrected chi connectivity index (χ0v) is 10.5. The molecule has 0 fully saturated rings. The molecule has 0 aromatic heterocycles. The minimum absolute atomic E-state index is 0.185. The Morgan fingerprint density at radius 2 is 2.06 bits per heavy atom. The molecule has 0 heterocycles. The topological polar surface area (TPSA) is 76.3 Å². The molecule has 16 heavy (non-hydrogen) atoms. The van der Waals surface area contributed by atoms with E-state index in [0.717, 1.165) is 10.2 Å². The van der Waals surface area contributed by atoms with Crippen molar-refractivity contribution < 1.29 is 10.2 Å². The first kappa shape index (κ1) is 13.0. The molecule has 0 bridgehead atoms. The molecule has 1 rings (SSSR count). The summed E-state index contributed by atoms with van der Waals surface area (Å²) in [4.78, 5) is 0. The summed E-state index contributed by atoms with van der Waals surface area (Å²) in [5.41, 5.74) is 0.494. The summed E-state index contributed by atoms with van der Waals surface area (Å²) in [6, 6.07) is 7.10. The lowest BCUT2D eigenvalue weighted by atomic mass is 10.0. The summed E-state index contributed by atoms with van der Waals surface area (Å²) in [6.07, 6.45) is 0. The maximum atomic E-state index is 9.15. The third-order valence-corrected chi connectivity index (χ3v) is 2.89. The van der Waals surface area contributed by atoms with Crippen LogP contribution in [0.3, 0.4) is 0 Å². The van der Waals surface area contributed by atoms with Gasteiger partial charge in [0.1, 0.15) is 0 Å². The number of nitriles is 1. The number of nitrogens with zero attached hydrogens (tertiary/aromatic N) is 1. The average Bonchev–Trinajstić information content (AvgIpc) is 2.31. The molecule has 5 heteroatoms. The minimum atomic E-state index is -0.781. The van der Waals surface area contributed by atoms with E-state index in [2.05, 4.69) is 21.2 Å². The standard InChI is InChI=1S/C11H13BrN2O2/c1-11(6-15,7-16)14-10-3-2-8(5-13)4-9(10)12/h2-4,14-16H,6-7H2,1H3. The number of benzene rings is 1. The molecule has 0 radical (unpaired) electrons. The Bertz CT molecular complexity index is 411. The van der Waals surface area contributed by atoms with Crippen LogP contribution in [0, 0.1) is 11.3 Å². The van der Waals surface area contributed by atoms with Gasteiger partial charge in [0.25, 0.3) is 0 Å². The molecule has 0 amide bonds. The normalized spacial score (nSPS) is 10.9. The summed E-state index contributed by atoms with van der Waals surface area (Å²) in [7, 11) is 0. The van der Waals surface area contributed by atoms with Gasteiger partial charge in [-0.3, -0.25) is 0 Å². The highest BCUT2D eigenvalue weighted by atomic mass is 79.9. The average molecular weight is 285 g/mol. The lowest BCUT2D eigenvalue weighted by molar-refractivity contribution is 0.147. The first-order valence-electron chi connectivity index (χ1n) is 4.74. The summed E-state index contributed by atoms with van der Waals surface area (Å²) in [5.74, 6) is 0. The van der Waals surface area contributed by atoms with E-state index in [1.54, 1.807) is 25.1 Å². The van der Waals surface area contributed by atoms with E-state index < -0.39 is 5.54 Å². The molecule has 0 saturated carbocycles. The van der Waals surface area contributed by atoms with Gasteiger partial charge in [-0.2, -0.15) is 5.26 Å². The highest BCUT2D eigenvalue weighted by Crippen LogP contribution is 2.26. The van der Waals surface area contributed by atoms with E-state index in [9.17, 15) is 0 Å². The molecular formula is C11H13BrN2O2. The van der Waals surface area contributed by atoms with Crippen molar-refractivity contribution in [1.29, 1.82) is 5.26 Å². The van der Waals surface area contributed by atoms with E-state index in [0.29, 0.717) is 5.56 Å². The number of aliphatic hydroxyl groups excluding tert-OH is 2. The summed E-state index contributed by atoms with van der Waals surface area (Å²) >= 11 is 3.32. The SMILES string of the molecule is CC(CO)(CO)Nc1ccc(C#N)cc1Br. The van der Waals surface area contributed by atoms with Crippen molar-refractivity contribution in [1.82, 2.24) is 0 Å². The fourth-order valence-electron chi connectivity index (χ4n) is 1.14. The van der Waals surface area contributed by atoms with Gasteiger partial charge in [0.15, 0.2) is 0 Å². The first-order valence-corrected chi connectivity index (χ1v) is 5.53. The van der Waals surface area contributed by atoms with Gasteiger partial charge in [-0.25, -0.2) is 0 Å². The van der Waals surface area contributed by atoms with Gasteiger partial charge >= 0.3 is 0 Å². The Hall–Kier alpha value is -1.09. The Morgan fingerprint density at radius 3 is 2.50 bits per heavy atom. The van der Waals surface area contributed by atoms with Crippen molar-refractivity contribution in [3.8, 4) is 6.07 Å². The molecule has 4 nitrogen and oxygen atoms in total. The van der Waals surface area contributed by atoms with Crippen molar-refractivity contribution in [2.75, 3.05) is 18.5 Å². The van der Waals surface area contributed by atoms with Crippen LogP contribution in [0.25, 0.3) is 0 Å². The Kier molecular flexibility index (Phi) is 4.30. The number of hydrogen-bond acceptors (Lipinski definition) is 4. The Morgan fingerprint density at radius 1 is 1.44 bits per heavy atom. The molecule has 0 spiro atoms. The van der Waals surface area contributed by atoms with Crippen LogP contribution in [0.1, 0.15) is 12.5 Å². The van der Waals surface area contributed by atoms with Crippen LogP contribution in [0.5, 0.6) is 0 Å². The zero-order valence-electron chi connectivity index (χ0n) is 8.87. The number of halogens is 1. The third-order valence-electron chi connectivity index (χ3n) is 2.23. The molecule has 86 valence electrons. The molecule has 0 aliphatic heterocycles. The third kappa shape index (κ3) is 2.95. The second-order valence-electron chi connectivity index (χ2n) is 3.81. The molecule has 0 unspecified atom stereocenters. The van der Waals surface area contributed by atoms with Gasteiger partial charge in [0, 0.05) is 10.2 Å². The maximum absolute atomic E-state index is 9.15. The molecular weight excluding hydrogens is 272 g/mol. The van der Waals surface area contributed by atoms with Gasteiger partial charge in [-0.05, 0) is 41.1 Å². The first-order chi connectivity index (χ1) is 7.54. The molecule has 3 N–H and O–H groups in total. The van der Waals surface area contributed by atoms with Gasteiger partial charge in [0.2, 0.25) is 0 Å². The number of aliphatic hydroxyl groups is 2. The Balaban J connectivity index is 2.94. The van der Waals surface area contributed by atoms with Crippen LogP contribution in [0.2, 0.25) is 0 Å². The second-order valence-corrected chi connectivity index (χ2v) is 4.66. The summed E-state index contributed by atoms with van der Waals surface area (Å²) in [5, 5.41) is 30.0. The zero-order chi connectivity index (χ0) is 12.2. The molecule has 0 saturated heterocycles. The van der Waals surface area contributed by atoms with E-state index >= 15 is 0 Å². The lowest BCUT2D eigenvalue weighted by Crippen LogP contribution is -2.42. The van der Waals surface area contributed by atoms with Gasteiger partial charge < -0.3 is 15.5 Å². The second kappa shape index (κ2) is 5.30. The summed E-state index contributed by atoms with van der Waals surface area (Å²) < 4.78 is 0.722. The van der Waals surface area contributed by atoms with Crippen LogP contribution >= 0.6 is 15.9 Å². The van der Waals surface area contributed by atoms with E-state index in [-0.39, 0.29) is 13.2 Å². The molecule has 0 atom stereocenters. The Labute approximate surface area is 103 Å². The monoisotopic (exact) mass is 284 g/mol. The predicted molar refractivity (Wildman–Crippen MR) is 65.1 cm³/mol. The van der Waals surface area contributed by atoms with E-state index in [1.165, 1.54) is 0 Å². The quantitative estimate of drug-likeness (QED) is 0.783.